The minimum absolute atomic E-state index is 0. The Labute approximate surface area is 142 Å². The third-order valence-electron chi connectivity index (χ3n) is 2.69. The van der Waals surface area contributed by atoms with Gasteiger partial charge < -0.3 is 15.4 Å². The second-order valence-electron chi connectivity index (χ2n) is 4.23. The number of nitrogens with zero attached hydrogens (tertiary/aromatic N) is 1. The molecule has 21 heavy (non-hydrogen) atoms. The van der Waals surface area contributed by atoms with Crippen LogP contribution in [0.1, 0.15) is 13.3 Å². The Bertz CT molecular complexity index is 454. The van der Waals surface area contributed by atoms with Crippen LogP contribution in [-0.4, -0.2) is 32.2 Å². The van der Waals surface area contributed by atoms with Crippen LogP contribution in [-0.2, 0) is 0 Å². The lowest BCUT2D eigenvalue weighted by molar-refractivity contribution is 0.199. The molecule has 1 unspecified atom stereocenters. The van der Waals surface area contributed by atoms with Gasteiger partial charge in [0, 0.05) is 19.7 Å². The fourth-order valence-corrected chi connectivity index (χ4v) is 1.60. The highest BCUT2D eigenvalue weighted by molar-refractivity contribution is 14.0. The molecule has 0 bridgehead atoms. The van der Waals surface area contributed by atoms with Gasteiger partial charge in [0.15, 0.2) is 5.96 Å². The van der Waals surface area contributed by atoms with E-state index < -0.39 is 0 Å². The van der Waals surface area contributed by atoms with Crippen molar-refractivity contribution >= 4 is 29.9 Å². The van der Waals surface area contributed by atoms with E-state index in [9.17, 15) is 4.39 Å². The zero-order chi connectivity index (χ0) is 14.8. The lowest BCUT2D eigenvalue weighted by Gasteiger charge is -2.19. The molecule has 0 aliphatic heterocycles. The van der Waals surface area contributed by atoms with Gasteiger partial charge in [-0.05, 0) is 18.6 Å². The van der Waals surface area contributed by atoms with Gasteiger partial charge in [-0.3, -0.25) is 4.99 Å². The quantitative estimate of drug-likeness (QED) is 0.316. The first kappa shape index (κ1) is 19.7. The second kappa shape index (κ2) is 11.4. The SMILES string of the molecule is C=CCNC(=NC)NCC(CC)Oc1cccc(F)c1.I. The summed E-state index contributed by atoms with van der Waals surface area (Å²) in [6, 6.07) is 6.16. The van der Waals surface area contributed by atoms with Crippen molar-refractivity contribution in [2.24, 2.45) is 4.99 Å². The molecule has 0 spiro atoms. The standard InChI is InChI=1S/C15H22FN3O.HI/c1-4-9-18-15(17-3)19-11-13(5-2)20-14-8-6-7-12(16)10-14;/h4,6-8,10,13H,1,5,9,11H2,2-3H3,(H2,17,18,19);1H. The molecule has 1 rings (SSSR count). The molecule has 0 saturated heterocycles. The van der Waals surface area contributed by atoms with E-state index in [1.807, 2.05) is 6.92 Å². The molecule has 0 amide bonds. The molecule has 0 aliphatic carbocycles. The van der Waals surface area contributed by atoms with Gasteiger partial charge in [-0.2, -0.15) is 0 Å². The molecule has 6 heteroatoms. The number of halogens is 2. The molecule has 0 aromatic heterocycles. The average Bonchev–Trinajstić information content (AvgIpc) is 2.46. The predicted molar refractivity (Wildman–Crippen MR) is 96.1 cm³/mol. The first-order chi connectivity index (χ1) is 9.69. The van der Waals surface area contributed by atoms with Crippen LogP contribution in [0, 0.1) is 5.82 Å². The Morgan fingerprint density at radius 3 is 2.81 bits per heavy atom. The molecule has 0 radical (unpaired) electrons. The number of hydrogen-bond acceptors (Lipinski definition) is 2. The average molecular weight is 407 g/mol. The smallest absolute Gasteiger partial charge is 0.191 e. The topological polar surface area (TPSA) is 45.7 Å². The van der Waals surface area contributed by atoms with E-state index in [1.165, 1.54) is 12.1 Å². The summed E-state index contributed by atoms with van der Waals surface area (Å²) in [5.41, 5.74) is 0. The number of nitrogens with one attached hydrogen (secondary N) is 2. The number of ether oxygens (including phenoxy) is 1. The molecule has 2 N–H and O–H groups in total. The fraction of sp³-hybridized carbons (Fsp3) is 0.400. The van der Waals surface area contributed by atoms with Crippen LogP contribution in [0.15, 0.2) is 41.9 Å². The van der Waals surface area contributed by atoms with Crippen LogP contribution in [0.4, 0.5) is 4.39 Å². The molecular weight excluding hydrogens is 384 g/mol. The highest BCUT2D eigenvalue weighted by atomic mass is 127. The van der Waals surface area contributed by atoms with Crippen molar-refractivity contribution in [3.05, 3.63) is 42.7 Å². The van der Waals surface area contributed by atoms with E-state index in [-0.39, 0.29) is 35.9 Å². The van der Waals surface area contributed by atoms with Crippen molar-refractivity contribution in [3.8, 4) is 5.75 Å². The van der Waals surface area contributed by atoms with Crippen LogP contribution in [0.2, 0.25) is 0 Å². The monoisotopic (exact) mass is 407 g/mol. The Morgan fingerprint density at radius 1 is 1.48 bits per heavy atom. The Balaban J connectivity index is 0.00000400. The van der Waals surface area contributed by atoms with E-state index in [1.54, 1.807) is 25.3 Å². The number of guanidine groups is 1. The van der Waals surface area contributed by atoms with Gasteiger partial charge >= 0.3 is 0 Å². The van der Waals surface area contributed by atoms with Crippen LogP contribution in [0.3, 0.4) is 0 Å². The van der Waals surface area contributed by atoms with Crippen molar-refractivity contribution < 1.29 is 9.13 Å². The molecule has 118 valence electrons. The van der Waals surface area contributed by atoms with Gasteiger partial charge in [-0.15, -0.1) is 30.6 Å². The van der Waals surface area contributed by atoms with Gasteiger partial charge in [-0.1, -0.05) is 19.1 Å². The molecule has 1 atom stereocenters. The predicted octanol–water partition coefficient (Wildman–Crippen LogP) is 2.95. The largest absolute Gasteiger partial charge is 0.489 e. The molecule has 1 aromatic rings. The Hall–Kier alpha value is -1.31. The van der Waals surface area contributed by atoms with Crippen LogP contribution in [0.5, 0.6) is 5.75 Å². The summed E-state index contributed by atoms with van der Waals surface area (Å²) in [7, 11) is 1.70. The summed E-state index contributed by atoms with van der Waals surface area (Å²) >= 11 is 0. The number of aliphatic imine (C=N–C) groups is 1. The zero-order valence-corrected chi connectivity index (χ0v) is 14.8. The normalized spacial score (nSPS) is 12.0. The van der Waals surface area contributed by atoms with Crippen molar-refractivity contribution in [1.29, 1.82) is 0 Å². The third kappa shape index (κ3) is 7.89. The van der Waals surface area contributed by atoms with Gasteiger partial charge in [0.05, 0.1) is 6.54 Å². The van der Waals surface area contributed by atoms with E-state index in [0.717, 1.165) is 6.42 Å². The Kier molecular flexibility index (Phi) is 10.7. The molecule has 0 heterocycles. The molecule has 4 nitrogen and oxygen atoms in total. The Morgan fingerprint density at radius 2 is 2.24 bits per heavy atom. The van der Waals surface area contributed by atoms with Crippen molar-refractivity contribution in [1.82, 2.24) is 10.6 Å². The van der Waals surface area contributed by atoms with E-state index >= 15 is 0 Å². The first-order valence-electron chi connectivity index (χ1n) is 6.67. The molecule has 0 saturated carbocycles. The third-order valence-corrected chi connectivity index (χ3v) is 2.69. The van der Waals surface area contributed by atoms with Crippen molar-refractivity contribution in [2.75, 3.05) is 20.1 Å². The summed E-state index contributed by atoms with van der Waals surface area (Å²) in [4.78, 5) is 4.08. The first-order valence-corrected chi connectivity index (χ1v) is 6.67. The van der Waals surface area contributed by atoms with Crippen molar-refractivity contribution in [3.63, 3.8) is 0 Å². The highest BCUT2D eigenvalue weighted by Crippen LogP contribution is 2.14. The van der Waals surface area contributed by atoms with Gasteiger partial charge in [0.25, 0.3) is 0 Å². The maximum Gasteiger partial charge on any atom is 0.191 e. The number of rotatable bonds is 7. The minimum atomic E-state index is -0.297. The lowest BCUT2D eigenvalue weighted by Crippen LogP contribution is -2.42. The zero-order valence-electron chi connectivity index (χ0n) is 12.4. The second-order valence-corrected chi connectivity index (χ2v) is 4.23. The maximum atomic E-state index is 13.1. The molecule has 0 aliphatic rings. The summed E-state index contributed by atoms with van der Waals surface area (Å²) in [6.45, 7) is 6.88. The molecule has 0 fully saturated rings. The highest BCUT2D eigenvalue weighted by Gasteiger charge is 2.09. The summed E-state index contributed by atoms with van der Waals surface area (Å²) in [5.74, 6) is 0.924. The fourth-order valence-electron chi connectivity index (χ4n) is 1.60. The number of hydrogen-bond donors (Lipinski definition) is 2. The van der Waals surface area contributed by atoms with E-state index in [4.69, 9.17) is 4.74 Å². The molecule has 1 aromatic carbocycles. The van der Waals surface area contributed by atoms with Crippen LogP contribution in [0.25, 0.3) is 0 Å². The number of benzene rings is 1. The van der Waals surface area contributed by atoms with E-state index in [0.29, 0.717) is 24.8 Å². The molecular formula is C15H23FIN3O. The minimum Gasteiger partial charge on any atom is -0.489 e. The van der Waals surface area contributed by atoms with Gasteiger partial charge in [0.2, 0.25) is 0 Å². The lowest BCUT2D eigenvalue weighted by atomic mass is 10.2. The summed E-state index contributed by atoms with van der Waals surface area (Å²) < 4.78 is 18.8. The summed E-state index contributed by atoms with van der Waals surface area (Å²) in [5, 5.41) is 6.24. The van der Waals surface area contributed by atoms with Crippen LogP contribution >= 0.6 is 24.0 Å². The van der Waals surface area contributed by atoms with Crippen LogP contribution < -0.4 is 15.4 Å². The van der Waals surface area contributed by atoms with Gasteiger partial charge in [0.1, 0.15) is 17.7 Å². The van der Waals surface area contributed by atoms with Crippen molar-refractivity contribution in [2.45, 2.75) is 19.4 Å². The van der Waals surface area contributed by atoms with Gasteiger partial charge in [-0.25, -0.2) is 4.39 Å². The maximum absolute atomic E-state index is 13.1. The van der Waals surface area contributed by atoms with E-state index in [2.05, 4.69) is 22.2 Å². The summed E-state index contributed by atoms with van der Waals surface area (Å²) in [6.07, 6.45) is 2.51.